The SMILES string of the molecule is CCCN(CC)C1(CN)CCCCC1CC. The molecule has 2 nitrogen and oxygen atoms in total. The highest BCUT2D eigenvalue weighted by Crippen LogP contribution is 2.39. The lowest BCUT2D eigenvalue weighted by molar-refractivity contribution is 0.00754. The summed E-state index contributed by atoms with van der Waals surface area (Å²) in [6, 6.07) is 0. The van der Waals surface area contributed by atoms with E-state index in [1.165, 1.54) is 45.1 Å². The van der Waals surface area contributed by atoms with Gasteiger partial charge < -0.3 is 5.73 Å². The third-order valence-electron chi connectivity index (χ3n) is 4.52. The summed E-state index contributed by atoms with van der Waals surface area (Å²) in [6.45, 7) is 10.1. The van der Waals surface area contributed by atoms with Crippen LogP contribution in [-0.4, -0.2) is 30.1 Å². The molecule has 0 aromatic heterocycles. The van der Waals surface area contributed by atoms with Crippen molar-refractivity contribution in [2.75, 3.05) is 19.6 Å². The van der Waals surface area contributed by atoms with Crippen LogP contribution in [0.4, 0.5) is 0 Å². The summed E-state index contributed by atoms with van der Waals surface area (Å²) in [4.78, 5) is 2.67. The lowest BCUT2D eigenvalue weighted by atomic mass is 9.70. The first kappa shape index (κ1) is 14.0. The van der Waals surface area contributed by atoms with E-state index in [4.69, 9.17) is 5.73 Å². The molecule has 1 fully saturated rings. The van der Waals surface area contributed by atoms with Gasteiger partial charge in [-0.05, 0) is 38.3 Å². The highest BCUT2D eigenvalue weighted by molar-refractivity contribution is 4.99. The summed E-state index contributed by atoms with van der Waals surface area (Å²) in [5, 5.41) is 0. The van der Waals surface area contributed by atoms with Gasteiger partial charge in [-0.25, -0.2) is 0 Å². The highest BCUT2D eigenvalue weighted by Gasteiger charge is 2.42. The standard InChI is InChI=1S/C14H30N2/c1-4-11-16(6-3)14(12-15)10-8-7-9-13(14)5-2/h13H,4-12,15H2,1-3H3. The number of nitrogens with zero attached hydrogens (tertiary/aromatic N) is 1. The zero-order valence-electron chi connectivity index (χ0n) is 11.5. The van der Waals surface area contributed by atoms with Gasteiger partial charge in [0, 0.05) is 12.1 Å². The highest BCUT2D eigenvalue weighted by atomic mass is 15.2. The summed E-state index contributed by atoms with van der Waals surface area (Å²) < 4.78 is 0. The second kappa shape index (κ2) is 6.61. The Hall–Kier alpha value is -0.0800. The Morgan fingerprint density at radius 3 is 2.50 bits per heavy atom. The molecule has 2 heteroatoms. The molecule has 0 amide bonds. The van der Waals surface area contributed by atoms with E-state index in [-0.39, 0.29) is 0 Å². The first-order chi connectivity index (χ1) is 7.75. The van der Waals surface area contributed by atoms with Crippen molar-refractivity contribution < 1.29 is 0 Å². The molecule has 1 saturated carbocycles. The molecule has 96 valence electrons. The fraction of sp³-hybridized carbons (Fsp3) is 1.00. The normalized spacial score (nSPS) is 30.9. The molecular formula is C14H30N2. The second-order valence-corrected chi connectivity index (χ2v) is 5.24. The number of rotatable bonds is 6. The molecule has 1 aliphatic carbocycles. The van der Waals surface area contributed by atoms with Gasteiger partial charge in [0.15, 0.2) is 0 Å². The minimum atomic E-state index is 0.317. The largest absolute Gasteiger partial charge is 0.329 e. The first-order valence-electron chi connectivity index (χ1n) is 7.20. The van der Waals surface area contributed by atoms with Gasteiger partial charge in [0.25, 0.3) is 0 Å². The maximum atomic E-state index is 6.17. The number of likely N-dealkylation sites (N-methyl/N-ethyl adjacent to an activating group) is 1. The van der Waals surface area contributed by atoms with Gasteiger partial charge in [0.2, 0.25) is 0 Å². The van der Waals surface area contributed by atoms with E-state index >= 15 is 0 Å². The van der Waals surface area contributed by atoms with Crippen LogP contribution in [0.1, 0.15) is 59.3 Å². The molecule has 1 rings (SSSR count). The minimum Gasteiger partial charge on any atom is -0.329 e. The van der Waals surface area contributed by atoms with Crippen LogP contribution in [0.2, 0.25) is 0 Å². The Morgan fingerprint density at radius 2 is 2.00 bits per heavy atom. The Morgan fingerprint density at radius 1 is 1.25 bits per heavy atom. The quantitative estimate of drug-likeness (QED) is 0.754. The summed E-state index contributed by atoms with van der Waals surface area (Å²) in [5.41, 5.74) is 6.49. The van der Waals surface area contributed by atoms with Crippen molar-refractivity contribution in [3.63, 3.8) is 0 Å². The van der Waals surface area contributed by atoms with Crippen LogP contribution >= 0.6 is 0 Å². The topological polar surface area (TPSA) is 29.3 Å². The fourth-order valence-corrected chi connectivity index (χ4v) is 3.66. The van der Waals surface area contributed by atoms with Gasteiger partial charge in [-0.2, -0.15) is 0 Å². The van der Waals surface area contributed by atoms with E-state index in [0.717, 1.165) is 19.0 Å². The van der Waals surface area contributed by atoms with Crippen molar-refractivity contribution in [1.29, 1.82) is 0 Å². The molecule has 0 bridgehead atoms. The molecule has 0 saturated heterocycles. The lowest BCUT2D eigenvalue weighted by Crippen LogP contribution is -2.60. The van der Waals surface area contributed by atoms with Crippen LogP contribution in [0.3, 0.4) is 0 Å². The third-order valence-corrected chi connectivity index (χ3v) is 4.52. The van der Waals surface area contributed by atoms with Crippen molar-refractivity contribution in [2.24, 2.45) is 11.7 Å². The molecule has 0 aromatic carbocycles. The van der Waals surface area contributed by atoms with Crippen molar-refractivity contribution in [2.45, 2.75) is 64.8 Å². The van der Waals surface area contributed by atoms with Crippen LogP contribution in [0.5, 0.6) is 0 Å². The van der Waals surface area contributed by atoms with Crippen molar-refractivity contribution >= 4 is 0 Å². The molecular weight excluding hydrogens is 196 g/mol. The summed E-state index contributed by atoms with van der Waals surface area (Å²) in [5.74, 6) is 0.817. The van der Waals surface area contributed by atoms with Crippen LogP contribution in [0.25, 0.3) is 0 Å². The second-order valence-electron chi connectivity index (χ2n) is 5.24. The zero-order chi connectivity index (χ0) is 12.0. The first-order valence-corrected chi connectivity index (χ1v) is 7.20. The van der Waals surface area contributed by atoms with Gasteiger partial charge in [-0.15, -0.1) is 0 Å². The molecule has 1 aliphatic rings. The monoisotopic (exact) mass is 226 g/mol. The third kappa shape index (κ3) is 2.60. The van der Waals surface area contributed by atoms with Crippen LogP contribution < -0.4 is 5.73 Å². The van der Waals surface area contributed by atoms with E-state index in [1.807, 2.05) is 0 Å². The van der Waals surface area contributed by atoms with Crippen molar-refractivity contribution in [3.05, 3.63) is 0 Å². The predicted molar refractivity (Wildman–Crippen MR) is 71.6 cm³/mol. The fourth-order valence-electron chi connectivity index (χ4n) is 3.66. The van der Waals surface area contributed by atoms with Gasteiger partial charge in [0.05, 0.1) is 0 Å². The Kier molecular flexibility index (Phi) is 5.77. The Labute approximate surface area is 102 Å². The van der Waals surface area contributed by atoms with Crippen LogP contribution in [0, 0.1) is 5.92 Å². The molecule has 0 aromatic rings. The zero-order valence-corrected chi connectivity index (χ0v) is 11.5. The predicted octanol–water partition coefficient (Wildman–Crippen LogP) is 3.02. The average molecular weight is 226 g/mol. The smallest absolute Gasteiger partial charge is 0.0359 e. The molecule has 2 atom stereocenters. The Balaban J connectivity index is 2.85. The van der Waals surface area contributed by atoms with Crippen molar-refractivity contribution in [1.82, 2.24) is 4.90 Å². The van der Waals surface area contributed by atoms with E-state index in [1.54, 1.807) is 0 Å². The van der Waals surface area contributed by atoms with E-state index in [2.05, 4.69) is 25.7 Å². The van der Waals surface area contributed by atoms with Gasteiger partial charge in [0.1, 0.15) is 0 Å². The summed E-state index contributed by atoms with van der Waals surface area (Å²) in [7, 11) is 0. The molecule has 2 N–H and O–H groups in total. The van der Waals surface area contributed by atoms with E-state index in [0.29, 0.717) is 5.54 Å². The number of nitrogens with two attached hydrogens (primary N) is 1. The van der Waals surface area contributed by atoms with E-state index < -0.39 is 0 Å². The molecule has 0 aliphatic heterocycles. The number of hydrogen-bond acceptors (Lipinski definition) is 2. The molecule has 0 radical (unpaired) electrons. The molecule has 2 unspecified atom stereocenters. The van der Waals surface area contributed by atoms with Gasteiger partial charge in [-0.3, -0.25) is 4.90 Å². The number of hydrogen-bond donors (Lipinski definition) is 1. The van der Waals surface area contributed by atoms with Crippen LogP contribution in [-0.2, 0) is 0 Å². The van der Waals surface area contributed by atoms with Gasteiger partial charge >= 0.3 is 0 Å². The molecule has 0 spiro atoms. The average Bonchev–Trinajstić information content (AvgIpc) is 2.35. The summed E-state index contributed by atoms with van der Waals surface area (Å²) in [6.07, 6.45) is 8.01. The maximum Gasteiger partial charge on any atom is 0.0359 e. The van der Waals surface area contributed by atoms with Crippen molar-refractivity contribution in [3.8, 4) is 0 Å². The maximum absolute atomic E-state index is 6.17. The van der Waals surface area contributed by atoms with Crippen LogP contribution in [0.15, 0.2) is 0 Å². The molecule has 0 heterocycles. The minimum absolute atomic E-state index is 0.317. The Bertz CT molecular complexity index is 193. The van der Waals surface area contributed by atoms with Gasteiger partial charge in [-0.1, -0.05) is 40.0 Å². The van der Waals surface area contributed by atoms with E-state index in [9.17, 15) is 0 Å². The molecule has 16 heavy (non-hydrogen) atoms. The summed E-state index contributed by atoms with van der Waals surface area (Å²) >= 11 is 0. The lowest BCUT2D eigenvalue weighted by Gasteiger charge is -2.51.